The largest absolute Gasteiger partial charge is 0.328 e. The van der Waals surface area contributed by atoms with Gasteiger partial charge in [0.25, 0.3) is 0 Å². The Kier molecular flexibility index (Phi) is 4.72. The first-order chi connectivity index (χ1) is 4.13. The van der Waals surface area contributed by atoms with Crippen LogP contribution in [0, 0.1) is 0 Å². The lowest BCUT2D eigenvalue weighted by Gasteiger charge is -2.08. The monoisotopic (exact) mass is 130 g/mol. The molecule has 0 aliphatic heterocycles. The summed E-state index contributed by atoms with van der Waals surface area (Å²) in [6.07, 6.45) is 1.07. The quantitative estimate of drug-likeness (QED) is 0.588. The van der Waals surface area contributed by atoms with Crippen LogP contribution >= 0.6 is 0 Å². The molecular formula is C7H18N2. The second-order valence-electron chi connectivity index (χ2n) is 2.87. The molecule has 0 rings (SSSR count). The zero-order valence-electron chi connectivity index (χ0n) is 6.65. The van der Waals surface area contributed by atoms with Crippen molar-refractivity contribution in [2.24, 2.45) is 5.73 Å². The highest BCUT2D eigenvalue weighted by Gasteiger charge is 1.94. The van der Waals surface area contributed by atoms with E-state index in [1.54, 1.807) is 0 Å². The predicted octanol–water partition coefficient (Wildman–Crippen LogP) is 0.722. The number of nitrogens with two attached hydrogens (primary N) is 1. The molecule has 0 heterocycles. The fourth-order valence-electron chi connectivity index (χ4n) is 0.600. The molecule has 56 valence electrons. The van der Waals surface area contributed by atoms with E-state index in [1.807, 2.05) is 6.92 Å². The van der Waals surface area contributed by atoms with Gasteiger partial charge < -0.3 is 11.1 Å². The van der Waals surface area contributed by atoms with Crippen molar-refractivity contribution >= 4 is 0 Å². The fourth-order valence-corrected chi connectivity index (χ4v) is 0.600. The van der Waals surface area contributed by atoms with Crippen LogP contribution in [-0.2, 0) is 0 Å². The fraction of sp³-hybridized carbons (Fsp3) is 1.00. The van der Waals surface area contributed by atoms with Gasteiger partial charge in [0.2, 0.25) is 0 Å². The molecule has 9 heavy (non-hydrogen) atoms. The highest BCUT2D eigenvalue weighted by Crippen LogP contribution is 1.84. The summed E-state index contributed by atoms with van der Waals surface area (Å²) in [7, 11) is 0. The van der Waals surface area contributed by atoms with E-state index in [2.05, 4.69) is 19.2 Å². The molecule has 0 aromatic heterocycles. The molecule has 0 radical (unpaired) electrons. The highest BCUT2D eigenvalue weighted by atomic mass is 14.9. The minimum Gasteiger partial charge on any atom is -0.328 e. The van der Waals surface area contributed by atoms with Gasteiger partial charge in [0, 0.05) is 12.1 Å². The number of nitrogens with one attached hydrogen (secondary N) is 1. The third kappa shape index (κ3) is 7.92. The lowest BCUT2D eigenvalue weighted by atomic mass is 10.2. The van der Waals surface area contributed by atoms with Crippen LogP contribution in [0.25, 0.3) is 0 Å². The second-order valence-corrected chi connectivity index (χ2v) is 2.87. The van der Waals surface area contributed by atoms with Crippen LogP contribution in [-0.4, -0.2) is 18.6 Å². The van der Waals surface area contributed by atoms with Crippen molar-refractivity contribution in [3.8, 4) is 0 Å². The first-order valence-electron chi connectivity index (χ1n) is 3.62. The first-order valence-corrected chi connectivity index (χ1v) is 3.62. The van der Waals surface area contributed by atoms with Crippen molar-refractivity contribution in [3.05, 3.63) is 0 Å². The maximum atomic E-state index is 5.54. The van der Waals surface area contributed by atoms with E-state index < -0.39 is 0 Å². The summed E-state index contributed by atoms with van der Waals surface area (Å²) in [5, 5.41) is 3.30. The Morgan fingerprint density at radius 3 is 2.22 bits per heavy atom. The van der Waals surface area contributed by atoms with E-state index in [-0.39, 0.29) is 0 Å². The van der Waals surface area contributed by atoms with Crippen molar-refractivity contribution < 1.29 is 0 Å². The van der Waals surface area contributed by atoms with Gasteiger partial charge in [-0.05, 0) is 19.9 Å². The van der Waals surface area contributed by atoms with Gasteiger partial charge in [-0.15, -0.1) is 0 Å². The van der Waals surface area contributed by atoms with Crippen molar-refractivity contribution in [3.63, 3.8) is 0 Å². The van der Waals surface area contributed by atoms with Gasteiger partial charge >= 0.3 is 0 Å². The molecule has 1 atom stereocenters. The summed E-state index contributed by atoms with van der Waals surface area (Å²) in [4.78, 5) is 0. The van der Waals surface area contributed by atoms with Gasteiger partial charge in [-0.3, -0.25) is 0 Å². The molecule has 0 fully saturated rings. The Morgan fingerprint density at radius 1 is 1.33 bits per heavy atom. The molecule has 0 aromatic rings. The molecule has 0 aliphatic carbocycles. The first kappa shape index (κ1) is 8.92. The zero-order valence-corrected chi connectivity index (χ0v) is 6.65. The summed E-state index contributed by atoms with van der Waals surface area (Å²) in [5.41, 5.74) is 5.54. The third-order valence-corrected chi connectivity index (χ3v) is 1.15. The average Bonchev–Trinajstić information content (AvgIpc) is 1.63. The van der Waals surface area contributed by atoms with E-state index in [4.69, 9.17) is 5.73 Å². The zero-order chi connectivity index (χ0) is 7.28. The van der Waals surface area contributed by atoms with Crippen LogP contribution in [0.1, 0.15) is 27.2 Å². The molecule has 2 heteroatoms. The molecule has 2 nitrogen and oxygen atoms in total. The van der Waals surface area contributed by atoms with Gasteiger partial charge in [-0.2, -0.15) is 0 Å². The van der Waals surface area contributed by atoms with Gasteiger partial charge in [-0.1, -0.05) is 13.8 Å². The standard InChI is InChI=1S/C7H18N2/c1-6(2)9-5-4-7(3)8/h6-7,9H,4-5,8H2,1-3H3. The normalized spacial score (nSPS) is 14.3. The molecule has 0 saturated heterocycles. The molecule has 0 amide bonds. The van der Waals surface area contributed by atoms with E-state index in [9.17, 15) is 0 Å². The molecule has 0 spiro atoms. The van der Waals surface area contributed by atoms with Gasteiger partial charge in [0.1, 0.15) is 0 Å². The molecular weight excluding hydrogens is 112 g/mol. The summed E-state index contributed by atoms with van der Waals surface area (Å²) < 4.78 is 0. The van der Waals surface area contributed by atoms with Crippen molar-refractivity contribution in [2.75, 3.05) is 6.54 Å². The smallest absolute Gasteiger partial charge is 0.00225 e. The minimum atomic E-state index is 0.330. The average molecular weight is 130 g/mol. The van der Waals surface area contributed by atoms with E-state index in [0.29, 0.717) is 12.1 Å². The van der Waals surface area contributed by atoms with Crippen LogP contribution in [0.15, 0.2) is 0 Å². The maximum absolute atomic E-state index is 5.54. The van der Waals surface area contributed by atoms with Crippen LogP contribution in [0.3, 0.4) is 0 Å². The highest BCUT2D eigenvalue weighted by molar-refractivity contribution is 4.58. The van der Waals surface area contributed by atoms with Crippen molar-refractivity contribution in [1.82, 2.24) is 5.32 Å². The molecule has 0 aromatic carbocycles. The van der Waals surface area contributed by atoms with Crippen LogP contribution in [0.2, 0.25) is 0 Å². The van der Waals surface area contributed by atoms with E-state index >= 15 is 0 Å². The maximum Gasteiger partial charge on any atom is 0.00225 e. The van der Waals surface area contributed by atoms with Gasteiger partial charge in [0.15, 0.2) is 0 Å². The molecule has 0 saturated carbocycles. The Labute approximate surface area is 57.8 Å². The predicted molar refractivity (Wildman–Crippen MR) is 41.4 cm³/mol. The Morgan fingerprint density at radius 2 is 1.89 bits per heavy atom. The summed E-state index contributed by atoms with van der Waals surface area (Å²) >= 11 is 0. The summed E-state index contributed by atoms with van der Waals surface area (Å²) in [5.74, 6) is 0. The number of hydrogen-bond acceptors (Lipinski definition) is 2. The van der Waals surface area contributed by atoms with E-state index in [0.717, 1.165) is 13.0 Å². The number of hydrogen-bond donors (Lipinski definition) is 2. The van der Waals surface area contributed by atoms with Crippen LogP contribution < -0.4 is 11.1 Å². The van der Waals surface area contributed by atoms with Gasteiger partial charge in [-0.25, -0.2) is 0 Å². The van der Waals surface area contributed by atoms with E-state index in [1.165, 1.54) is 0 Å². The molecule has 0 bridgehead atoms. The Balaban J connectivity index is 2.91. The van der Waals surface area contributed by atoms with Crippen LogP contribution in [0.5, 0.6) is 0 Å². The third-order valence-electron chi connectivity index (χ3n) is 1.15. The Bertz CT molecular complexity index is 51.9. The number of rotatable bonds is 4. The van der Waals surface area contributed by atoms with Crippen molar-refractivity contribution in [1.29, 1.82) is 0 Å². The lowest BCUT2D eigenvalue weighted by Crippen LogP contribution is -2.28. The summed E-state index contributed by atoms with van der Waals surface area (Å²) in [6.45, 7) is 7.35. The van der Waals surface area contributed by atoms with Gasteiger partial charge in [0.05, 0.1) is 0 Å². The van der Waals surface area contributed by atoms with Crippen LogP contribution in [0.4, 0.5) is 0 Å². The summed E-state index contributed by atoms with van der Waals surface area (Å²) in [6, 6.07) is 0.917. The Hall–Kier alpha value is -0.0800. The molecule has 3 N–H and O–H groups in total. The second kappa shape index (κ2) is 4.77. The topological polar surface area (TPSA) is 38.0 Å². The SMILES string of the molecule is CC(N)CCNC(C)C. The minimum absolute atomic E-state index is 0.330. The molecule has 0 aliphatic rings. The van der Waals surface area contributed by atoms with Crippen molar-refractivity contribution in [2.45, 2.75) is 39.3 Å². The molecule has 1 unspecified atom stereocenters. The lowest BCUT2D eigenvalue weighted by molar-refractivity contribution is 0.539.